The van der Waals surface area contributed by atoms with Gasteiger partial charge < -0.3 is 19.5 Å². The van der Waals surface area contributed by atoms with E-state index in [0.29, 0.717) is 33.6 Å². The Labute approximate surface area is 201 Å². The molecule has 0 bridgehead atoms. The van der Waals surface area contributed by atoms with E-state index in [-0.39, 0.29) is 12.5 Å². The number of aliphatic hydroxyl groups is 1. The standard InChI is InChI=1S/C23H22ClNO6S2/c1-30-20-10-17(7-8-19(20)31-12-18(26)13-33(2,28)29)25-11-15-9-21(32-22(15)23(25)27)14-3-5-16(24)6-4-14/h3-10,18,26H,11-13H2,1-2H3. The Morgan fingerprint density at radius 3 is 2.52 bits per heavy atom. The van der Waals surface area contributed by atoms with Crippen LogP contribution in [-0.2, 0) is 16.4 Å². The number of anilines is 1. The molecule has 0 spiro atoms. The van der Waals surface area contributed by atoms with Crippen LogP contribution in [0.15, 0.2) is 48.5 Å². The van der Waals surface area contributed by atoms with Crippen LogP contribution in [0.2, 0.25) is 5.02 Å². The zero-order valence-corrected chi connectivity index (χ0v) is 20.3. The molecule has 0 saturated heterocycles. The van der Waals surface area contributed by atoms with Crippen LogP contribution in [-0.4, -0.2) is 51.3 Å². The molecule has 1 aliphatic rings. The van der Waals surface area contributed by atoms with Crippen molar-refractivity contribution in [1.29, 1.82) is 0 Å². The highest BCUT2D eigenvalue weighted by atomic mass is 35.5. The molecule has 33 heavy (non-hydrogen) atoms. The predicted octanol–water partition coefficient (Wildman–Crippen LogP) is 4.02. The lowest BCUT2D eigenvalue weighted by Crippen LogP contribution is -2.26. The SMILES string of the molecule is COc1cc(N2Cc3cc(-c4ccc(Cl)cc4)sc3C2=O)ccc1OCC(O)CS(C)(=O)=O. The number of sulfone groups is 1. The number of rotatable bonds is 8. The van der Waals surface area contributed by atoms with Crippen LogP contribution < -0.4 is 14.4 Å². The van der Waals surface area contributed by atoms with Crippen molar-refractivity contribution in [2.24, 2.45) is 0 Å². The van der Waals surface area contributed by atoms with Gasteiger partial charge in [0.1, 0.15) is 22.5 Å². The van der Waals surface area contributed by atoms with Crippen molar-refractivity contribution in [2.45, 2.75) is 12.6 Å². The normalized spacial score (nSPS) is 14.3. The minimum absolute atomic E-state index is 0.0884. The van der Waals surface area contributed by atoms with Crippen molar-refractivity contribution in [1.82, 2.24) is 0 Å². The fourth-order valence-corrected chi connectivity index (χ4v) is 5.63. The molecule has 2 aromatic carbocycles. The lowest BCUT2D eigenvalue weighted by atomic mass is 10.1. The first kappa shape index (κ1) is 23.6. The molecule has 4 rings (SSSR count). The van der Waals surface area contributed by atoms with Gasteiger partial charge in [-0.05, 0) is 41.5 Å². The Morgan fingerprint density at radius 1 is 1.15 bits per heavy atom. The van der Waals surface area contributed by atoms with Crippen LogP contribution in [0.5, 0.6) is 11.5 Å². The zero-order valence-electron chi connectivity index (χ0n) is 17.9. The van der Waals surface area contributed by atoms with E-state index < -0.39 is 21.7 Å². The second-order valence-electron chi connectivity index (χ2n) is 7.76. The fraction of sp³-hybridized carbons (Fsp3) is 0.261. The first-order chi connectivity index (χ1) is 15.6. The summed E-state index contributed by atoms with van der Waals surface area (Å²) in [6.45, 7) is 0.241. The van der Waals surface area contributed by atoms with Gasteiger partial charge >= 0.3 is 0 Å². The summed E-state index contributed by atoms with van der Waals surface area (Å²) in [5.74, 6) is 0.245. The molecule has 0 fully saturated rings. The molecule has 0 aliphatic carbocycles. The van der Waals surface area contributed by atoms with Gasteiger partial charge in [0.15, 0.2) is 11.5 Å². The number of hydrogen-bond acceptors (Lipinski definition) is 7. The molecule has 1 amide bonds. The van der Waals surface area contributed by atoms with Crippen LogP contribution in [0.1, 0.15) is 15.2 Å². The van der Waals surface area contributed by atoms with Crippen LogP contribution in [0.25, 0.3) is 10.4 Å². The van der Waals surface area contributed by atoms with E-state index in [1.54, 1.807) is 23.1 Å². The van der Waals surface area contributed by atoms with E-state index in [1.807, 2.05) is 30.3 Å². The minimum Gasteiger partial charge on any atom is -0.493 e. The van der Waals surface area contributed by atoms with Gasteiger partial charge in [-0.1, -0.05) is 23.7 Å². The second kappa shape index (κ2) is 9.34. The molecule has 7 nitrogen and oxygen atoms in total. The van der Waals surface area contributed by atoms with Gasteiger partial charge in [0.25, 0.3) is 5.91 Å². The van der Waals surface area contributed by atoms with E-state index in [0.717, 1.165) is 22.3 Å². The average molecular weight is 508 g/mol. The van der Waals surface area contributed by atoms with E-state index in [9.17, 15) is 18.3 Å². The molecule has 1 unspecified atom stereocenters. The van der Waals surface area contributed by atoms with Crippen LogP contribution in [0.4, 0.5) is 5.69 Å². The number of hydrogen-bond donors (Lipinski definition) is 1. The maximum Gasteiger partial charge on any atom is 0.269 e. The summed E-state index contributed by atoms with van der Waals surface area (Å²) in [4.78, 5) is 16.5. The Bertz CT molecular complexity index is 1290. The van der Waals surface area contributed by atoms with Crippen LogP contribution in [0, 0.1) is 0 Å². The molecular formula is C23H22ClNO6S2. The third kappa shape index (κ3) is 5.33. The third-order valence-electron chi connectivity index (χ3n) is 5.09. The lowest BCUT2D eigenvalue weighted by molar-refractivity contribution is 0.1000. The first-order valence-electron chi connectivity index (χ1n) is 10.0. The van der Waals surface area contributed by atoms with Crippen molar-refractivity contribution in [3.05, 3.63) is 64.0 Å². The van der Waals surface area contributed by atoms with Crippen molar-refractivity contribution in [3.8, 4) is 21.9 Å². The summed E-state index contributed by atoms with van der Waals surface area (Å²) < 4.78 is 33.5. The number of carbonyl (C=O) groups excluding carboxylic acids is 1. The predicted molar refractivity (Wildman–Crippen MR) is 129 cm³/mol. The summed E-state index contributed by atoms with van der Waals surface area (Å²) in [6.07, 6.45) is -0.106. The number of ether oxygens (including phenoxy) is 2. The monoisotopic (exact) mass is 507 g/mol. The van der Waals surface area contributed by atoms with Crippen LogP contribution in [0.3, 0.4) is 0 Å². The number of methoxy groups -OCH3 is 1. The van der Waals surface area contributed by atoms with Crippen molar-refractivity contribution < 1.29 is 27.8 Å². The van der Waals surface area contributed by atoms with Gasteiger partial charge in [-0.25, -0.2) is 8.42 Å². The lowest BCUT2D eigenvalue weighted by Gasteiger charge is -2.19. The molecule has 0 radical (unpaired) electrons. The Morgan fingerprint density at radius 2 is 1.88 bits per heavy atom. The minimum atomic E-state index is -3.32. The number of halogens is 1. The third-order valence-corrected chi connectivity index (χ3v) is 7.55. The molecule has 174 valence electrons. The Hall–Kier alpha value is -2.59. The number of benzene rings is 2. The highest BCUT2D eigenvalue weighted by Crippen LogP contribution is 2.40. The van der Waals surface area contributed by atoms with E-state index in [4.69, 9.17) is 21.1 Å². The quantitative estimate of drug-likeness (QED) is 0.495. The maximum absolute atomic E-state index is 13.1. The summed E-state index contributed by atoms with van der Waals surface area (Å²) in [5, 5.41) is 10.5. The van der Waals surface area contributed by atoms with Crippen molar-refractivity contribution in [3.63, 3.8) is 0 Å². The summed E-state index contributed by atoms with van der Waals surface area (Å²) in [6, 6.07) is 14.6. The van der Waals surface area contributed by atoms with Gasteiger partial charge in [-0.2, -0.15) is 0 Å². The zero-order chi connectivity index (χ0) is 23.8. The van der Waals surface area contributed by atoms with Crippen molar-refractivity contribution in [2.75, 3.05) is 30.6 Å². The molecule has 1 aliphatic heterocycles. The maximum atomic E-state index is 13.1. The molecule has 1 atom stereocenters. The highest BCUT2D eigenvalue weighted by Gasteiger charge is 2.32. The van der Waals surface area contributed by atoms with E-state index in [1.165, 1.54) is 18.4 Å². The highest BCUT2D eigenvalue weighted by molar-refractivity contribution is 7.90. The number of thiophene rings is 1. The smallest absolute Gasteiger partial charge is 0.269 e. The van der Waals surface area contributed by atoms with E-state index >= 15 is 0 Å². The summed E-state index contributed by atoms with van der Waals surface area (Å²) >= 11 is 7.42. The molecular weight excluding hydrogens is 486 g/mol. The number of aliphatic hydroxyl groups excluding tert-OH is 1. The molecule has 3 aromatic rings. The Kier molecular flexibility index (Phi) is 6.67. The van der Waals surface area contributed by atoms with Gasteiger partial charge in [0, 0.05) is 27.9 Å². The van der Waals surface area contributed by atoms with Gasteiger partial charge in [0.05, 0.1) is 24.3 Å². The van der Waals surface area contributed by atoms with Gasteiger partial charge in [-0.3, -0.25) is 4.79 Å². The van der Waals surface area contributed by atoms with Gasteiger partial charge in [0.2, 0.25) is 0 Å². The number of amides is 1. The number of fused-ring (bicyclic) bond motifs is 1. The number of nitrogens with zero attached hydrogens (tertiary/aromatic N) is 1. The average Bonchev–Trinajstić information content (AvgIpc) is 3.31. The molecule has 1 aromatic heterocycles. The second-order valence-corrected chi connectivity index (χ2v) is 11.4. The van der Waals surface area contributed by atoms with Crippen LogP contribution >= 0.6 is 22.9 Å². The largest absolute Gasteiger partial charge is 0.493 e. The first-order valence-corrected chi connectivity index (χ1v) is 13.3. The van der Waals surface area contributed by atoms with Gasteiger partial charge in [-0.15, -0.1) is 11.3 Å². The van der Waals surface area contributed by atoms with Crippen molar-refractivity contribution >= 4 is 44.4 Å². The Balaban J connectivity index is 1.49. The topological polar surface area (TPSA) is 93.1 Å². The molecule has 2 heterocycles. The molecule has 10 heteroatoms. The summed E-state index contributed by atoms with van der Waals surface area (Å²) in [7, 11) is -1.85. The number of carbonyl (C=O) groups is 1. The fourth-order valence-electron chi connectivity index (χ4n) is 3.58. The van der Waals surface area contributed by atoms with E-state index in [2.05, 4.69) is 0 Å². The molecule has 1 N–H and O–H groups in total. The summed E-state index contributed by atoms with van der Waals surface area (Å²) in [5.41, 5.74) is 2.62. The molecule has 0 saturated carbocycles.